The van der Waals surface area contributed by atoms with E-state index in [1.807, 2.05) is 0 Å². The first kappa shape index (κ1) is 18.7. The molecule has 0 bridgehead atoms. The molecule has 0 aliphatic carbocycles. The molecule has 27 heavy (non-hydrogen) atoms. The van der Waals surface area contributed by atoms with Crippen molar-refractivity contribution in [2.24, 2.45) is 5.14 Å². The first-order chi connectivity index (χ1) is 12.8. The molecule has 1 aliphatic heterocycles. The lowest BCUT2D eigenvalue weighted by Crippen LogP contribution is -2.28. The molecule has 1 heterocycles. The van der Waals surface area contributed by atoms with Crippen LogP contribution in [-0.4, -0.2) is 33.7 Å². The van der Waals surface area contributed by atoms with Crippen LogP contribution in [0.5, 0.6) is 11.5 Å². The largest absolute Gasteiger partial charge is 0.454 e. The topological polar surface area (TPSA) is 134 Å². The first-order valence-corrected chi connectivity index (χ1v) is 9.33. The number of amides is 1. The lowest BCUT2D eigenvalue weighted by Gasteiger charge is -2.08. The fourth-order valence-electron chi connectivity index (χ4n) is 2.30. The van der Waals surface area contributed by atoms with E-state index in [1.54, 1.807) is 18.2 Å². The summed E-state index contributed by atoms with van der Waals surface area (Å²) in [5.74, 6) is 0.0138. The van der Waals surface area contributed by atoms with E-state index < -0.39 is 28.5 Å². The molecule has 0 saturated heterocycles. The minimum atomic E-state index is -3.84. The maximum absolute atomic E-state index is 11.9. The number of benzene rings is 2. The van der Waals surface area contributed by atoms with E-state index in [0.29, 0.717) is 11.5 Å². The zero-order valence-electron chi connectivity index (χ0n) is 14.0. The summed E-state index contributed by atoms with van der Waals surface area (Å²) in [4.78, 5) is 23.6. The number of esters is 1. The highest BCUT2D eigenvalue weighted by Gasteiger charge is 2.15. The van der Waals surface area contributed by atoms with Crippen molar-refractivity contribution in [2.45, 2.75) is 11.4 Å². The monoisotopic (exact) mass is 392 g/mol. The molecule has 1 amide bonds. The second kappa shape index (κ2) is 7.64. The molecule has 0 fully saturated rings. The second-order valence-corrected chi connectivity index (χ2v) is 7.17. The molecule has 3 N–H and O–H groups in total. The van der Waals surface area contributed by atoms with Gasteiger partial charge < -0.3 is 19.5 Å². The molecule has 9 nitrogen and oxygen atoms in total. The van der Waals surface area contributed by atoms with Crippen LogP contribution in [0, 0.1) is 0 Å². The molecule has 3 rings (SSSR count). The van der Waals surface area contributed by atoms with Gasteiger partial charge in [-0.3, -0.25) is 4.79 Å². The zero-order chi connectivity index (χ0) is 19.4. The third-order valence-corrected chi connectivity index (χ3v) is 4.61. The zero-order valence-corrected chi connectivity index (χ0v) is 14.8. The molecule has 10 heteroatoms. The average Bonchev–Trinajstić information content (AvgIpc) is 3.11. The van der Waals surface area contributed by atoms with Crippen molar-refractivity contribution in [1.29, 1.82) is 0 Å². The Morgan fingerprint density at radius 3 is 2.48 bits per heavy atom. The number of rotatable bonds is 6. The Morgan fingerprint density at radius 2 is 1.78 bits per heavy atom. The van der Waals surface area contributed by atoms with Gasteiger partial charge in [0.15, 0.2) is 18.1 Å². The molecule has 0 unspecified atom stereocenters. The van der Waals surface area contributed by atoms with Crippen LogP contribution < -0.4 is 19.9 Å². The molecule has 1 aliphatic rings. The highest BCUT2D eigenvalue weighted by molar-refractivity contribution is 7.89. The minimum absolute atomic E-state index is 0.103. The van der Waals surface area contributed by atoms with Crippen molar-refractivity contribution in [1.82, 2.24) is 5.32 Å². The number of primary sulfonamides is 1. The molecule has 0 saturated carbocycles. The van der Waals surface area contributed by atoms with Crippen LogP contribution in [0.25, 0.3) is 0 Å². The van der Waals surface area contributed by atoms with Gasteiger partial charge >= 0.3 is 5.97 Å². The maximum atomic E-state index is 11.9. The number of hydrogen-bond acceptors (Lipinski definition) is 7. The standard InChI is InChI=1S/C17H16N2O7S/c18-27(22,23)13-4-2-12(3-5-13)17(21)24-9-16(20)19-8-11-1-6-14-15(7-11)26-10-25-14/h1-7H,8-10H2,(H,19,20)(H2,18,22,23). The number of nitrogens with one attached hydrogen (secondary N) is 1. The predicted molar refractivity (Wildman–Crippen MR) is 92.5 cm³/mol. The van der Waals surface area contributed by atoms with Crippen molar-refractivity contribution in [3.8, 4) is 11.5 Å². The quantitative estimate of drug-likeness (QED) is 0.685. The van der Waals surface area contributed by atoms with Gasteiger partial charge in [-0.25, -0.2) is 18.4 Å². The van der Waals surface area contributed by atoms with Gasteiger partial charge in [0, 0.05) is 6.54 Å². The summed E-state index contributed by atoms with van der Waals surface area (Å²) in [6, 6.07) is 10.2. The van der Waals surface area contributed by atoms with Crippen molar-refractivity contribution in [3.63, 3.8) is 0 Å². The molecule has 0 atom stereocenters. The third-order valence-electron chi connectivity index (χ3n) is 3.68. The van der Waals surface area contributed by atoms with Gasteiger partial charge in [0.2, 0.25) is 16.8 Å². The van der Waals surface area contributed by atoms with Crippen LogP contribution in [-0.2, 0) is 26.1 Å². The molecule has 142 valence electrons. The van der Waals surface area contributed by atoms with Crippen molar-refractivity contribution < 1.29 is 32.2 Å². The average molecular weight is 392 g/mol. The van der Waals surface area contributed by atoms with Gasteiger partial charge in [-0.15, -0.1) is 0 Å². The number of hydrogen-bond donors (Lipinski definition) is 2. The van der Waals surface area contributed by atoms with Crippen LogP contribution in [0.2, 0.25) is 0 Å². The molecule has 0 spiro atoms. The van der Waals surface area contributed by atoms with E-state index in [0.717, 1.165) is 5.56 Å². The number of fused-ring (bicyclic) bond motifs is 1. The Bertz CT molecular complexity index is 971. The smallest absolute Gasteiger partial charge is 0.338 e. The van der Waals surface area contributed by atoms with E-state index in [9.17, 15) is 18.0 Å². The molecule has 2 aromatic carbocycles. The Hall–Kier alpha value is -3.11. The van der Waals surface area contributed by atoms with Gasteiger partial charge in [-0.2, -0.15) is 0 Å². The maximum Gasteiger partial charge on any atom is 0.338 e. The second-order valence-electron chi connectivity index (χ2n) is 5.61. The first-order valence-electron chi connectivity index (χ1n) is 7.78. The molecule has 0 aromatic heterocycles. The van der Waals surface area contributed by atoms with Gasteiger partial charge in [-0.05, 0) is 42.0 Å². The minimum Gasteiger partial charge on any atom is -0.454 e. The number of nitrogens with two attached hydrogens (primary N) is 1. The molecule has 2 aromatic rings. The van der Waals surface area contributed by atoms with E-state index in [2.05, 4.69) is 5.32 Å². The Kier molecular flexibility index (Phi) is 5.28. The summed E-state index contributed by atoms with van der Waals surface area (Å²) in [6.45, 7) is -0.0737. The van der Waals surface area contributed by atoms with Gasteiger partial charge in [0.1, 0.15) is 0 Å². The summed E-state index contributed by atoms with van der Waals surface area (Å²) < 4.78 is 37.7. The Labute approximate surface area is 155 Å². The lowest BCUT2D eigenvalue weighted by atomic mass is 10.2. The third kappa shape index (κ3) is 4.74. The summed E-state index contributed by atoms with van der Waals surface area (Å²) in [5.41, 5.74) is 0.906. The fourth-order valence-corrected chi connectivity index (χ4v) is 2.81. The normalized spacial score (nSPS) is 12.5. The SMILES string of the molecule is NS(=O)(=O)c1ccc(C(=O)OCC(=O)NCc2ccc3c(c2)OCO3)cc1. The van der Waals surface area contributed by atoms with Gasteiger partial charge in [-0.1, -0.05) is 6.07 Å². The number of carbonyl (C=O) groups excluding carboxylic acids is 2. The van der Waals surface area contributed by atoms with Crippen LogP contribution in [0.3, 0.4) is 0 Å². The van der Waals surface area contributed by atoms with Crippen LogP contribution in [0.4, 0.5) is 0 Å². The van der Waals surface area contributed by atoms with Crippen molar-refractivity contribution in [3.05, 3.63) is 53.6 Å². The number of carbonyl (C=O) groups is 2. The number of sulfonamides is 1. The van der Waals surface area contributed by atoms with Gasteiger partial charge in [0.05, 0.1) is 10.5 Å². The summed E-state index contributed by atoms with van der Waals surface area (Å²) in [7, 11) is -3.84. The number of ether oxygens (including phenoxy) is 3. The van der Waals surface area contributed by atoms with Crippen LogP contribution in [0.1, 0.15) is 15.9 Å². The highest BCUT2D eigenvalue weighted by atomic mass is 32.2. The van der Waals surface area contributed by atoms with E-state index in [-0.39, 0.29) is 23.8 Å². The van der Waals surface area contributed by atoms with Crippen molar-refractivity contribution in [2.75, 3.05) is 13.4 Å². The predicted octanol–water partition coefficient (Wildman–Crippen LogP) is 0.536. The van der Waals surface area contributed by atoms with E-state index >= 15 is 0 Å². The van der Waals surface area contributed by atoms with Crippen molar-refractivity contribution >= 4 is 21.9 Å². The molecular formula is C17H16N2O7S. The van der Waals surface area contributed by atoms with Crippen LogP contribution >= 0.6 is 0 Å². The molecule has 0 radical (unpaired) electrons. The Morgan fingerprint density at radius 1 is 1.07 bits per heavy atom. The fraction of sp³-hybridized carbons (Fsp3) is 0.176. The van der Waals surface area contributed by atoms with Gasteiger partial charge in [0.25, 0.3) is 5.91 Å². The highest BCUT2D eigenvalue weighted by Crippen LogP contribution is 2.32. The lowest BCUT2D eigenvalue weighted by molar-refractivity contribution is -0.124. The van der Waals surface area contributed by atoms with E-state index in [1.165, 1.54) is 24.3 Å². The molecular weight excluding hydrogens is 376 g/mol. The summed E-state index contributed by atoms with van der Waals surface area (Å²) in [6.07, 6.45) is 0. The Balaban J connectivity index is 1.48. The summed E-state index contributed by atoms with van der Waals surface area (Å²) in [5, 5.41) is 7.60. The van der Waals surface area contributed by atoms with E-state index in [4.69, 9.17) is 19.3 Å². The van der Waals surface area contributed by atoms with Crippen LogP contribution in [0.15, 0.2) is 47.4 Å². The summed E-state index contributed by atoms with van der Waals surface area (Å²) >= 11 is 0.